The van der Waals surface area contributed by atoms with Gasteiger partial charge in [-0.25, -0.2) is 0 Å². The third-order valence-electron chi connectivity index (χ3n) is 2.14. The first-order chi connectivity index (χ1) is 7.18. The van der Waals surface area contributed by atoms with Crippen molar-refractivity contribution in [2.24, 2.45) is 5.73 Å². The summed E-state index contributed by atoms with van der Waals surface area (Å²) in [4.78, 5) is 1.12. The zero-order chi connectivity index (χ0) is 10.8. The standard InChI is InChI=1S/C11H9BrClNS/c12-7-3-4-9(13)8(6-7)11(14)10-2-1-5-15-10/h1-6,11H,14H2. The van der Waals surface area contributed by atoms with E-state index >= 15 is 0 Å². The minimum absolute atomic E-state index is 0.144. The van der Waals surface area contributed by atoms with E-state index in [1.165, 1.54) is 0 Å². The third-order valence-corrected chi connectivity index (χ3v) is 3.94. The van der Waals surface area contributed by atoms with E-state index in [4.69, 9.17) is 17.3 Å². The predicted molar refractivity (Wildman–Crippen MR) is 69.5 cm³/mol. The molecule has 0 fully saturated rings. The summed E-state index contributed by atoms with van der Waals surface area (Å²) in [7, 11) is 0. The molecule has 15 heavy (non-hydrogen) atoms. The van der Waals surface area contributed by atoms with Crippen LogP contribution in [0.3, 0.4) is 0 Å². The van der Waals surface area contributed by atoms with E-state index in [-0.39, 0.29) is 6.04 Å². The van der Waals surface area contributed by atoms with Crippen LogP contribution in [0, 0.1) is 0 Å². The Kier molecular flexibility index (Phi) is 3.46. The normalized spacial score (nSPS) is 12.7. The zero-order valence-corrected chi connectivity index (χ0v) is 10.9. The Balaban J connectivity index is 2.41. The Hall–Kier alpha value is -0.350. The van der Waals surface area contributed by atoms with Crippen LogP contribution in [0.5, 0.6) is 0 Å². The summed E-state index contributed by atoms with van der Waals surface area (Å²) in [5, 5.41) is 2.72. The van der Waals surface area contributed by atoms with Crippen molar-refractivity contribution in [3.63, 3.8) is 0 Å². The first-order valence-electron chi connectivity index (χ1n) is 4.42. The highest BCUT2D eigenvalue weighted by atomic mass is 79.9. The van der Waals surface area contributed by atoms with Gasteiger partial charge in [0, 0.05) is 14.4 Å². The molecule has 1 heterocycles. The topological polar surface area (TPSA) is 26.0 Å². The van der Waals surface area contributed by atoms with Crippen molar-refractivity contribution in [2.75, 3.05) is 0 Å². The lowest BCUT2D eigenvalue weighted by Gasteiger charge is -2.12. The summed E-state index contributed by atoms with van der Waals surface area (Å²) >= 11 is 11.2. The molecule has 1 aromatic carbocycles. The highest BCUT2D eigenvalue weighted by Gasteiger charge is 2.13. The fraction of sp³-hybridized carbons (Fsp3) is 0.0909. The second-order valence-electron chi connectivity index (χ2n) is 3.16. The van der Waals surface area contributed by atoms with Crippen LogP contribution in [0.4, 0.5) is 0 Å². The molecule has 1 unspecified atom stereocenters. The average Bonchev–Trinajstić information content (AvgIpc) is 2.74. The molecule has 0 aliphatic heterocycles. The SMILES string of the molecule is NC(c1cccs1)c1cc(Br)ccc1Cl. The molecule has 0 saturated heterocycles. The third kappa shape index (κ3) is 2.42. The number of hydrogen-bond acceptors (Lipinski definition) is 2. The molecule has 0 bridgehead atoms. The molecule has 0 aliphatic carbocycles. The van der Waals surface area contributed by atoms with E-state index in [0.29, 0.717) is 5.02 Å². The van der Waals surface area contributed by atoms with E-state index < -0.39 is 0 Å². The van der Waals surface area contributed by atoms with Gasteiger partial charge in [0.15, 0.2) is 0 Å². The van der Waals surface area contributed by atoms with Crippen molar-refractivity contribution in [3.05, 3.63) is 55.6 Å². The second kappa shape index (κ2) is 4.66. The Morgan fingerprint density at radius 1 is 1.33 bits per heavy atom. The molecule has 4 heteroatoms. The van der Waals surface area contributed by atoms with Crippen LogP contribution in [0.2, 0.25) is 5.02 Å². The van der Waals surface area contributed by atoms with E-state index in [0.717, 1.165) is 14.9 Å². The van der Waals surface area contributed by atoms with Crippen molar-refractivity contribution < 1.29 is 0 Å². The van der Waals surface area contributed by atoms with E-state index in [9.17, 15) is 0 Å². The summed E-state index contributed by atoms with van der Waals surface area (Å²) in [6, 6.07) is 9.60. The maximum atomic E-state index is 6.14. The second-order valence-corrected chi connectivity index (χ2v) is 5.46. The van der Waals surface area contributed by atoms with Gasteiger partial charge in [-0.1, -0.05) is 33.6 Å². The lowest BCUT2D eigenvalue weighted by molar-refractivity contribution is 0.893. The molecule has 0 aliphatic rings. The molecule has 1 atom stereocenters. The fourth-order valence-electron chi connectivity index (χ4n) is 1.37. The van der Waals surface area contributed by atoms with Crippen molar-refractivity contribution in [3.8, 4) is 0 Å². The maximum absolute atomic E-state index is 6.14. The summed E-state index contributed by atoms with van der Waals surface area (Å²) < 4.78 is 0.994. The molecule has 2 rings (SSSR count). The Morgan fingerprint density at radius 2 is 2.13 bits per heavy atom. The molecule has 2 aromatic rings. The van der Waals surface area contributed by atoms with Gasteiger partial charge in [-0.2, -0.15) is 0 Å². The maximum Gasteiger partial charge on any atom is 0.0661 e. The first-order valence-corrected chi connectivity index (χ1v) is 6.47. The van der Waals surface area contributed by atoms with E-state index in [1.54, 1.807) is 11.3 Å². The molecule has 0 spiro atoms. The zero-order valence-electron chi connectivity index (χ0n) is 7.78. The molecule has 0 saturated carbocycles. The van der Waals surface area contributed by atoms with Crippen LogP contribution in [0.25, 0.3) is 0 Å². The largest absolute Gasteiger partial charge is 0.320 e. The van der Waals surface area contributed by atoms with Crippen LogP contribution < -0.4 is 5.73 Å². The predicted octanol–water partition coefficient (Wildman–Crippen LogP) is 4.21. The van der Waals surface area contributed by atoms with Crippen molar-refractivity contribution in [1.29, 1.82) is 0 Å². The highest BCUT2D eigenvalue weighted by molar-refractivity contribution is 9.10. The van der Waals surface area contributed by atoms with Crippen molar-refractivity contribution in [1.82, 2.24) is 0 Å². The molecule has 2 N–H and O–H groups in total. The Bertz CT molecular complexity index is 456. The number of nitrogens with two attached hydrogens (primary N) is 1. The minimum Gasteiger partial charge on any atom is -0.320 e. The van der Waals surface area contributed by atoms with Gasteiger partial charge in [-0.05, 0) is 35.2 Å². The Labute approximate surface area is 106 Å². The smallest absolute Gasteiger partial charge is 0.0661 e. The average molecular weight is 303 g/mol. The van der Waals surface area contributed by atoms with Crippen LogP contribution in [-0.2, 0) is 0 Å². The number of halogens is 2. The van der Waals surface area contributed by atoms with Gasteiger partial charge in [-0.3, -0.25) is 0 Å². The fourth-order valence-corrected chi connectivity index (χ4v) is 2.73. The van der Waals surface area contributed by atoms with Gasteiger partial charge < -0.3 is 5.73 Å². The molecule has 1 aromatic heterocycles. The van der Waals surface area contributed by atoms with Gasteiger partial charge >= 0.3 is 0 Å². The highest BCUT2D eigenvalue weighted by Crippen LogP contribution is 2.30. The van der Waals surface area contributed by atoms with Gasteiger partial charge in [0.1, 0.15) is 0 Å². The quantitative estimate of drug-likeness (QED) is 0.883. The minimum atomic E-state index is -0.144. The lowest BCUT2D eigenvalue weighted by atomic mass is 10.1. The van der Waals surface area contributed by atoms with Crippen LogP contribution in [0.15, 0.2) is 40.2 Å². The first kappa shape index (κ1) is 11.1. The summed E-state index contributed by atoms with van der Waals surface area (Å²) in [6.07, 6.45) is 0. The molecule has 0 amide bonds. The number of benzene rings is 1. The van der Waals surface area contributed by atoms with Gasteiger partial charge in [0.2, 0.25) is 0 Å². The van der Waals surface area contributed by atoms with Gasteiger partial charge in [0.05, 0.1) is 6.04 Å². The molecular weight excluding hydrogens is 294 g/mol. The number of thiophene rings is 1. The van der Waals surface area contributed by atoms with Crippen LogP contribution in [0.1, 0.15) is 16.5 Å². The summed E-state index contributed by atoms with van der Waals surface area (Å²) in [5.41, 5.74) is 7.09. The molecule has 1 nitrogen and oxygen atoms in total. The lowest BCUT2D eigenvalue weighted by Crippen LogP contribution is -2.10. The molecule has 0 radical (unpaired) electrons. The number of rotatable bonds is 2. The van der Waals surface area contributed by atoms with Crippen LogP contribution in [-0.4, -0.2) is 0 Å². The number of hydrogen-bond donors (Lipinski definition) is 1. The van der Waals surface area contributed by atoms with Gasteiger partial charge in [-0.15, -0.1) is 11.3 Å². The van der Waals surface area contributed by atoms with E-state index in [1.807, 2.05) is 35.7 Å². The van der Waals surface area contributed by atoms with E-state index in [2.05, 4.69) is 15.9 Å². The summed E-state index contributed by atoms with van der Waals surface area (Å²) in [6.45, 7) is 0. The Morgan fingerprint density at radius 3 is 2.80 bits per heavy atom. The van der Waals surface area contributed by atoms with Crippen molar-refractivity contribution >= 4 is 38.9 Å². The van der Waals surface area contributed by atoms with Crippen molar-refractivity contribution in [2.45, 2.75) is 6.04 Å². The summed E-state index contributed by atoms with van der Waals surface area (Å²) in [5.74, 6) is 0. The molecule has 78 valence electrons. The monoisotopic (exact) mass is 301 g/mol. The van der Waals surface area contributed by atoms with Crippen LogP contribution >= 0.6 is 38.9 Å². The molecular formula is C11H9BrClNS. The van der Waals surface area contributed by atoms with Gasteiger partial charge in [0.25, 0.3) is 0 Å².